The molecule has 2 heterocycles. The molecule has 0 N–H and O–H groups in total. The molecule has 21 heavy (non-hydrogen) atoms. The summed E-state index contributed by atoms with van der Waals surface area (Å²) >= 11 is 1.48. The number of carbonyl (C=O) groups is 1. The highest BCUT2D eigenvalue weighted by Gasteiger charge is 2.30. The number of amides is 1. The fourth-order valence-electron chi connectivity index (χ4n) is 2.81. The van der Waals surface area contributed by atoms with Gasteiger partial charge in [-0.3, -0.25) is 9.69 Å². The molecule has 0 bridgehead atoms. The topological polar surface area (TPSA) is 49.3 Å². The minimum Gasteiger partial charge on any atom is -0.336 e. The molecule has 1 aliphatic rings. The standard InChI is InChI=1S/C15H24N4OS/c1-5-13-10-18(6-7-19(13)11(2)3)14(20)12-8-16-15(21-4)17-9-12/h8-9,11,13H,5-7,10H2,1-4H3/t13-/m0/s1. The fraction of sp³-hybridized carbons (Fsp3) is 0.667. The van der Waals surface area contributed by atoms with E-state index in [0.29, 0.717) is 22.8 Å². The molecule has 2 rings (SSSR count). The van der Waals surface area contributed by atoms with E-state index in [4.69, 9.17) is 0 Å². The first-order valence-corrected chi connectivity index (χ1v) is 8.70. The van der Waals surface area contributed by atoms with Gasteiger partial charge in [0.25, 0.3) is 5.91 Å². The number of hydrogen-bond acceptors (Lipinski definition) is 5. The average molecular weight is 308 g/mol. The van der Waals surface area contributed by atoms with Gasteiger partial charge in [-0.25, -0.2) is 9.97 Å². The molecule has 0 aliphatic carbocycles. The molecule has 1 aliphatic heterocycles. The Morgan fingerprint density at radius 2 is 2.05 bits per heavy atom. The number of carbonyl (C=O) groups excluding carboxylic acids is 1. The molecule has 116 valence electrons. The zero-order chi connectivity index (χ0) is 15.4. The highest BCUT2D eigenvalue weighted by atomic mass is 32.2. The lowest BCUT2D eigenvalue weighted by Gasteiger charge is -2.43. The largest absolute Gasteiger partial charge is 0.336 e. The SMILES string of the molecule is CC[C@H]1CN(C(=O)c2cnc(SC)nc2)CCN1C(C)C. The number of thioether (sulfide) groups is 1. The second-order valence-electron chi connectivity index (χ2n) is 5.60. The minimum atomic E-state index is 0.0458. The van der Waals surface area contributed by atoms with Crippen molar-refractivity contribution in [3.63, 3.8) is 0 Å². The monoisotopic (exact) mass is 308 g/mol. The molecule has 1 saturated heterocycles. The van der Waals surface area contributed by atoms with Crippen LogP contribution in [-0.4, -0.2) is 63.6 Å². The van der Waals surface area contributed by atoms with Crippen molar-refractivity contribution >= 4 is 17.7 Å². The maximum atomic E-state index is 12.6. The third kappa shape index (κ3) is 3.74. The van der Waals surface area contributed by atoms with Gasteiger partial charge >= 0.3 is 0 Å². The zero-order valence-corrected chi connectivity index (χ0v) is 14.1. The maximum absolute atomic E-state index is 12.6. The van der Waals surface area contributed by atoms with E-state index >= 15 is 0 Å². The van der Waals surface area contributed by atoms with Crippen molar-refractivity contribution in [2.45, 2.75) is 44.4 Å². The van der Waals surface area contributed by atoms with Crippen molar-refractivity contribution in [3.8, 4) is 0 Å². The van der Waals surface area contributed by atoms with E-state index in [-0.39, 0.29) is 5.91 Å². The molecule has 0 aromatic carbocycles. The Balaban J connectivity index is 2.06. The second kappa shape index (κ2) is 7.22. The Morgan fingerprint density at radius 1 is 1.38 bits per heavy atom. The van der Waals surface area contributed by atoms with Crippen molar-refractivity contribution in [2.24, 2.45) is 0 Å². The summed E-state index contributed by atoms with van der Waals surface area (Å²) in [6.07, 6.45) is 6.26. The van der Waals surface area contributed by atoms with Crippen LogP contribution in [0.3, 0.4) is 0 Å². The van der Waals surface area contributed by atoms with Gasteiger partial charge in [0, 0.05) is 44.1 Å². The van der Waals surface area contributed by atoms with Crippen LogP contribution in [0.15, 0.2) is 17.6 Å². The van der Waals surface area contributed by atoms with Gasteiger partial charge in [0.15, 0.2) is 5.16 Å². The molecule has 0 unspecified atom stereocenters. The quantitative estimate of drug-likeness (QED) is 0.630. The highest BCUT2D eigenvalue weighted by molar-refractivity contribution is 7.98. The molecule has 1 amide bonds. The van der Waals surface area contributed by atoms with E-state index in [1.165, 1.54) is 11.8 Å². The van der Waals surface area contributed by atoms with Crippen LogP contribution in [-0.2, 0) is 0 Å². The van der Waals surface area contributed by atoms with E-state index < -0.39 is 0 Å². The smallest absolute Gasteiger partial charge is 0.257 e. The predicted molar refractivity (Wildman–Crippen MR) is 85.6 cm³/mol. The van der Waals surface area contributed by atoms with Crippen LogP contribution in [0.25, 0.3) is 0 Å². The van der Waals surface area contributed by atoms with Crippen LogP contribution in [0, 0.1) is 0 Å². The van der Waals surface area contributed by atoms with Gasteiger partial charge in [0.05, 0.1) is 5.56 Å². The van der Waals surface area contributed by atoms with Crippen LogP contribution in [0.1, 0.15) is 37.6 Å². The average Bonchev–Trinajstić information content (AvgIpc) is 2.53. The molecule has 1 fully saturated rings. The van der Waals surface area contributed by atoms with E-state index in [0.717, 1.165) is 26.1 Å². The second-order valence-corrected chi connectivity index (χ2v) is 6.38. The molecular formula is C15H24N4OS. The Morgan fingerprint density at radius 3 is 2.57 bits per heavy atom. The first-order chi connectivity index (χ1) is 10.1. The van der Waals surface area contributed by atoms with Crippen LogP contribution >= 0.6 is 11.8 Å². The first kappa shape index (κ1) is 16.2. The third-order valence-electron chi connectivity index (χ3n) is 4.01. The third-order valence-corrected chi connectivity index (χ3v) is 4.58. The van der Waals surface area contributed by atoms with Gasteiger partial charge < -0.3 is 4.90 Å². The molecular weight excluding hydrogens is 284 g/mol. The summed E-state index contributed by atoms with van der Waals surface area (Å²) in [5.41, 5.74) is 0.584. The van der Waals surface area contributed by atoms with E-state index in [2.05, 4.69) is 35.6 Å². The van der Waals surface area contributed by atoms with Crippen molar-refractivity contribution < 1.29 is 4.79 Å². The van der Waals surface area contributed by atoms with Crippen molar-refractivity contribution in [1.82, 2.24) is 19.8 Å². The lowest BCUT2D eigenvalue weighted by atomic mass is 10.1. The van der Waals surface area contributed by atoms with Crippen LogP contribution in [0.4, 0.5) is 0 Å². The number of piperazine rings is 1. The summed E-state index contributed by atoms with van der Waals surface area (Å²) in [5, 5.41) is 0.697. The zero-order valence-electron chi connectivity index (χ0n) is 13.2. The van der Waals surface area contributed by atoms with Crippen LogP contribution in [0.2, 0.25) is 0 Å². The Kier molecular flexibility index (Phi) is 5.58. The van der Waals surface area contributed by atoms with Gasteiger partial charge in [-0.1, -0.05) is 18.7 Å². The number of hydrogen-bond donors (Lipinski definition) is 0. The van der Waals surface area contributed by atoms with Crippen molar-refractivity contribution in [3.05, 3.63) is 18.0 Å². The van der Waals surface area contributed by atoms with Gasteiger partial charge in [-0.2, -0.15) is 0 Å². The normalized spacial score (nSPS) is 20.0. The summed E-state index contributed by atoms with van der Waals surface area (Å²) < 4.78 is 0. The number of nitrogens with zero attached hydrogens (tertiary/aromatic N) is 4. The Hall–Kier alpha value is -1.14. The molecule has 1 atom stereocenters. The molecule has 0 spiro atoms. The number of aromatic nitrogens is 2. The lowest BCUT2D eigenvalue weighted by Crippen LogP contribution is -2.56. The Labute approximate surface area is 131 Å². The first-order valence-electron chi connectivity index (χ1n) is 7.47. The van der Waals surface area contributed by atoms with Gasteiger partial charge in [-0.05, 0) is 26.5 Å². The van der Waals surface area contributed by atoms with E-state index in [1.54, 1.807) is 12.4 Å². The van der Waals surface area contributed by atoms with Gasteiger partial charge in [-0.15, -0.1) is 0 Å². The summed E-state index contributed by atoms with van der Waals surface area (Å²) in [6.45, 7) is 9.12. The Bertz CT molecular complexity index is 477. The summed E-state index contributed by atoms with van der Waals surface area (Å²) in [4.78, 5) is 25.4. The van der Waals surface area contributed by atoms with Gasteiger partial charge in [0.2, 0.25) is 0 Å². The predicted octanol–water partition coefficient (Wildman–Crippen LogP) is 2.14. The molecule has 1 aromatic heterocycles. The van der Waals surface area contributed by atoms with E-state index in [1.807, 2.05) is 11.2 Å². The summed E-state index contributed by atoms with van der Waals surface area (Å²) in [5.74, 6) is 0.0458. The molecule has 0 saturated carbocycles. The molecule has 1 aromatic rings. The minimum absolute atomic E-state index is 0.0458. The molecule has 0 radical (unpaired) electrons. The summed E-state index contributed by atoms with van der Waals surface area (Å²) in [7, 11) is 0. The maximum Gasteiger partial charge on any atom is 0.257 e. The highest BCUT2D eigenvalue weighted by Crippen LogP contribution is 2.18. The lowest BCUT2D eigenvalue weighted by molar-refractivity contribution is 0.0371. The molecule has 6 heteroatoms. The summed E-state index contributed by atoms with van der Waals surface area (Å²) in [6, 6.07) is 0.963. The number of rotatable bonds is 4. The van der Waals surface area contributed by atoms with Crippen molar-refractivity contribution in [1.29, 1.82) is 0 Å². The van der Waals surface area contributed by atoms with Crippen LogP contribution in [0.5, 0.6) is 0 Å². The molecule has 5 nitrogen and oxygen atoms in total. The van der Waals surface area contributed by atoms with Crippen molar-refractivity contribution in [2.75, 3.05) is 25.9 Å². The van der Waals surface area contributed by atoms with E-state index in [9.17, 15) is 4.79 Å². The van der Waals surface area contributed by atoms with Gasteiger partial charge in [0.1, 0.15) is 0 Å². The van der Waals surface area contributed by atoms with Crippen LogP contribution < -0.4 is 0 Å². The fourth-order valence-corrected chi connectivity index (χ4v) is 3.13.